The van der Waals surface area contributed by atoms with E-state index in [2.05, 4.69) is 59.5 Å². The molecule has 2 aliphatic rings. The lowest BCUT2D eigenvalue weighted by molar-refractivity contribution is 0.177. The summed E-state index contributed by atoms with van der Waals surface area (Å²) in [6.07, 6.45) is 2.43. The molecule has 1 aromatic carbocycles. The van der Waals surface area contributed by atoms with Crippen molar-refractivity contribution >= 4 is 16.9 Å². The van der Waals surface area contributed by atoms with Crippen molar-refractivity contribution in [3.8, 4) is 0 Å². The second-order valence-corrected chi connectivity index (χ2v) is 7.05. The van der Waals surface area contributed by atoms with Gasteiger partial charge in [0, 0.05) is 18.6 Å². The number of hydrogen-bond donors (Lipinski definition) is 1. The lowest BCUT2D eigenvalue weighted by atomic mass is 9.99. The Balaban J connectivity index is 1.53. The number of thioether (sulfide) groups is 1. The molecule has 108 valence electrons. The molecule has 20 heavy (non-hydrogen) atoms. The molecule has 3 unspecified atom stereocenters. The first kappa shape index (κ1) is 14.0. The van der Waals surface area contributed by atoms with Crippen LogP contribution in [0.2, 0.25) is 0 Å². The number of piperidine rings is 1. The van der Waals surface area contributed by atoms with E-state index < -0.39 is 0 Å². The number of amidine groups is 1. The Morgan fingerprint density at radius 2 is 2.10 bits per heavy atom. The number of hydrogen-bond acceptors (Lipinski definition) is 4. The number of nitrogens with one attached hydrogen (secondary N) is 1. The monoisotopic (exact) mass is 289 g/mol. The molecule has 0 bridgehead atoms. The molecule has 3 nitrogen and oxygen atoms in total. The van der Waals surface area contributed by atoms with Crippen molar-refractivity contribution in [3.05, 3.63) is 35.9 Å². The van der Waals surface area contributed by atoms with E-state index >= 15 is 0 Å². The maximum Gasteiger partial charge on any atom is 0.157 e. The van der Waals surface area contributed by atoms with E-state index in [0.29, 0.717) is 17.3 Å². The molecule has 0 saturated carbocycles. The normalized spacial score (nSPS) is 31.1. The van der Waals surface area contributed by atoms with Gasteiger partial charge in [0.25, 0.3) is 0 Å². The van der Waals surface area contributed by atoms with E-state index in [0.717, 1.165) is 11.7 Å². The standard InChI is InChI=1S/C16H23N3S/c1-12-10-14(8-9-19(12)2)18-16-17-11-15(20-16)13-6-4-3-5-7-13/h3-7,12,14-15H,8-11H2,1-2H3,(H,17,18). The smallest absolute Gasteiger partial charge is 0.157 e. The van der Waals surface area contributed by atoms with Crippen LogP contribution in [-0.2, 0) is 0 Å². The van der Waals surface area contributed by atoms with Crippen LogP contribution in [0.4, 0.5) is 0 Å². The third-order valence-electron chi connectivity index (χ3n) is 4.36. The third kappa shape index (κ3) is 3.18. The van der Waals surface area contributed by atoms with Gasteiger partial charge in [0.1, 0.15) is 0 Å². The summed E-state index contributed by atoms with van der Waals surface area (Å²) in [6.45, 7) is 4.39. The fraction of sp³-hybridized carbons (Fsp3) is 0.562. The van der Waals surface area contributed by atoms with Crippen LogP contribution in [0.15, 0.2) is 35.3 Å². The molecule has 0 aromatic heterocycles. The highest BCUT2D eigenvalue weighted by Gasteiger charge is 2.26. The molecule has 2 heterocycles. The number of aliphatic imine (C=N–C) groups is 1. The molecule has 1 N–H and O–H groups in total. The van der Waals surface area contributed by atoms with Gasteiger partial charge in [0.2, 0.25) is 0 Å². The topological polar surface area (TPSA) is 27.6 Å². The van der Waals surface area contributed by atoms with Gasteiger partial charge < -0.3 is 10.2 Å². The van der Waals surface area contributed by atoms with E-state index in [1.54, 1.807) is 0 Å². The molecule has 0 amide bonds. The minimum Gasteiger partial charge on any atom is -0.362 e. The van der Waals surface area contributed by atoms with Gasteiger partial charge in [0.15, 0.2) is 5.17 Å². The van der Waals surface area contributed by atoms with Crippen LogP contribution in [-0.4, -0.2) is 42.3 Å². The highest BCUT2D eigenvalue weighted by molar-refractivity contribution is 8.14. The Kier molecular flexibility index (Phi) is 4.32. The molecule has 4 heteroatoms. The molecule has 1 fully saturated rings. The summed E-state index contributed by atoms with van der Waals surface area (Å²) in [5.41, 5.74) is 1.38. The Hall–Kier alpha value is -1.00. The summed E-state index contributed by atoms with van der Waals surface area (Å²) in [4.78, 5) is 7.13. The van der Waals surface area contributed by atoms with E-state index in [-0.39, 0.29) is 0 Å². The Bertz CT molecular complexity index is 474. The Labute approximate surface area is 125 Å². The number of rotatable bonds is 2. The molecule has 1 aromatic rings. The number of likely N-dealkylation sites (tertiary alicyclic amines) is 1. The maximum atomic E-state index is 4.69. The van der Waals surface area contributed by atoms with Gasteiger partial charge in [-0.1, -0.05) is 42.1 Å². The predicted molar refractivity (Wildman–Crippen MR) is 87.3 cm³/mol. The van der Waals surface area contributed by atoms with E-state index in [1.165, 1.54) is 24.9 Å². The fourth-order valence-corrected chi connectivity index (χ4v) is 3.99. The third-order valence-corrected chi connectivity index (χ3v) is 5.54. The van der Waals surface area contributed by atoms with Crippen LogP contribution in [0.1, 0.15) is 30.6 Å². The van der Waals surface area contributed by atoms with Crippen molar-refractivity contribution in [1.82, 2.24) is 10.2 Å². The van der Waals surface area contributed by atoms with Crippen LogP contribution in [0.5, 0.6) is 0 Å². The zero-order chi connectivity index (χ0) is 13.9. The minimum absolute atomic E-state index is 0.488. The van der Waals surface area contributed by atoms with E-state index in [9.17, 15) is 0 Å². The summed E-state index contributed by atoms with van der Waals surface area (Å²) < 4.78 is 0. The second-order valence-electron chi connectivity index (χ2n) is 5.86. The molecule has 3 rings (SSSR count). The van der Waals surface area contributed by atoms with Crippen LogP contribution in [0, 0.1) is 0 Å². The second kappa shape index (κ2) is 6.19. The van der Waals surface area contributed by atoms with Crippen LogP contribution in [0.25, 0.3) is 0 Å². The molecule has 3 atom stereocenters. The van der Waals surface area contributed by atoms with Crippen molar-refractivity contribution in [2.75, 3.05) is 20.1 Å². The van der Waals surface area contributed by atoms with Crippen LogP contribution < -0.4 is 5.32 Å². The lowest BCUT2D eigenvalue weighted by Gasteiger charge is -2.35. The van der Waals surface area contributed by atoms with Gasteiger partial charge in [-0.2, -0.15) is 0 Å². The van der Waals surface area contributed by atoms with Crippen molar-refractivity contribution in [3.63, 3.8) is 0 Å². The van der Waals surface area contributed by atoms with E-state index in [1.807, 2.05) is 11.8 Å². The Morgan fingerprint density at radius 3 is 2.85 bits per heavy atom. The molecule has 1 saturated heterocycles. The largest absolute Gasteiger partial charge is 0.362 e. The summed E-state index contributed by atoms with van der Waals surface area (Å²) in [5, 5.41) is 5.28. The summed E-state index contributed by atoms with van der Waals surface area (Å²) in [7, 11) is 2.22. The van der Waals surface area contributed by atoms with Crippen molar-refractivity contribution in [2.24, 2.45) is 4.99 Å². The highest BCUT2D eigenvalue weighted by Crippen LogP contribution is 2.34. The fourth-order valence-electron chi connectivity index (χ4n) is 2.89. The predicted octanol–water partition coefficient (Wildman–Crippen LogP) is 2.90. The first-order valence-corrected chi connectivity index (χ1v) is 8.33. The SMILES string of the molecule is CC1CC(NC2=NCC(c3ccccc3)S2)CCN1C. The van der Waals surface area contributed by atoms with Crippen molar-refractivity contribution in [2.45, 2.75) is 37.1 Å². The maximum absolute atomic E-state index is 4.69. The quantitative estimate of drug-likeness (QED) is 0.907. The average Bonchev–Trinajstić information content (AvgIpc) is 2.92. The van der Waals surface area contributed by atoms with Crippen LogP contribution in [0.3, 0.4) is 0 Å². The molecule has 0 spiro atoms. The van der Waals surface area contributed by atoms with Crippen molar-refractivity contribution < 1.29 is 0 Å². The Morgan fingerprint density at radius 1 is 1.30 bits per heavy atom. The van der Waals surface area contributed by atoms with Crippen LogP contribution >= 0.6 is 11.8 Å². The molecule has 2 aliphatic heterocycles. The zero-order valence-corrected chi connectivity index (χ0v) is 13.1. The van der Waals surface area contributed by atoms with Gasteiger partial charge in [-0.15, -0.1) is 0 Å². The summed E-state index contributed by atoms with van der Waals surface area (Å²) in [5.74, 6) is 0. The molecule has 0 radical (unpaired) electrons. The number of nitrogens with zero attached hydrogens (tertiary/aromatic N) is 2. The summed E-state index contributed by atoms with van der Waals surface area (Å²) in [6, 6.07) is 11.9. The zero-order valence-electron chi connectivity index (χ0n) is 12.2. The average molecular weight is 289 g/mol. The van der Waals surface area contributed by atoms with E-state index in [4.69, 9.17) is 0 Å². The number of benzene rings is 1. The molecule has 0 aliphatic carbocycles. The first-order valence-electron chi connectivity index (χ1n) is 7.45. The summed E-state index contributed by atoms with van der Waals surface area (Å²) >= 11 is 1.88. The van der Waals surface area contributed by atoms with Gasteiger partial charge in [-0.3, -0.25) is 4.99 Å². The molecular weight excluding hydrogens is 266 g/mol. The van der Waals surface area contributed by atoms with Gasteiger partial charge in [-0.05, 0) is 32.4 Å². The van der Waals surface area contributed by atoms with Gasteiger partial charge in [-0.25, -0.2) is 0 Å². The van der Waals surface area contributed by atoms with Crippen molar-refractivity contribution in [1.29, 1.82) is 0 Å². The molecular formula is C16H23N3S. The first-order chi connectivity index (χ1) is 9.72. The van der Waals surface area contributed by atoms with Gasteiger partial charge in [0.05, 0.1) is 11.8 Å². The van der Waals surface area contributed by atoms with Gasteiger partial charge >= 0.3 is 0 Å². The lowest BCUT2D eigenvalue weighted by Crippen LogP contribution is -2.46. The highest BCUT2D eigenvalue weighted by atomic mass is 32.2. The minimum atomic E-state index is 0.488.